The molecular weight excluding hydrogens is 314 g/mol. The van der Waals surface area contributed by atoms with Gasteiger partial charge in [-0.05, 0) is 43.0 Å². The third kappa shape index (κ3) is 3.42. The number of aromatic amines is 1. The summed E-state index contributed by atoms with van der Waals surface area (Å²) < 4.78 is 0. The first-order valence-electron chi connectivity index (χ1n) is 8.65. The molecule has 1 aliphatic carbocycles. The number of fused-ring (bicyclic) bond motifs is 1. The number of hydrogen-bond acceptors (Lipinski definition) is 3. The molecular formula is C20H21N3O2. The fourth-order valence-electron chi connectivity index (χ4n) is 3.48. The van der Waals surface area contributed by atoms with Crippen LogP contribution >= 0.6 is 0 Å². The number of nitrogens with zero attached hydrogens (tertiary/aromatic N) is 1. The molecule has 4 rings (SSSR count). The van der Waals surface area contributed by atoms with E-state index in [0.717, 1.165) is 29.4 Å². The Hall–Kier alpha value is -2.66. The third-order valence-electron chi connectivity index (χ3n) is 4.96. The van der Waals surface area contributed by atoms with Crippen molar-refractivity contribution in [2.24, 2.45) is 5.92 Å². The summed E-state index contributed by atoms with van der Waals surface area (Å²) in [6, 6.07) is 15.5. The zero-order valence-electron chi connectivity index (χ0n) is 13.9. The van der Waals surface area contributed by atoms with Gasteiger partial charge in [0, 0.05) is 35.3 Å². The standard InChI is InChI=1S/C20H21N3O2/c24-16-9-14(10-16)18(12-15-6-3-4-8-21-15)23-20(25)19-11-13-5-1-2-7-17(13)22-19/h1-8,11,14,16,18,22,24H,9-10,12H2,(H,23,25)/t14?,16?,18-/m1/s1. The Morgan fingerprint density at radius 1 is 1.24 bits per heavy atom. The topological polar surface area (TPSA) is 78.0 Å². The van der Waals surface area contributed by atoms with Gasteiger partial charge in [0.25, 0.3) is 5.91 Å². The summed E-state index contributed by atoms with van der Waals surface area (Å²) in [6.45, 7) is 0. The molecule has 5 nitrogen and oxygen atoms in total. The van der Waals surface area contributed by atoms with Crippen LogP contribution in [0.1, 0.15) is 29.0 Å². The normalized spacial score (nSPS) is 20.8. The van der Waals surface area contributed by atoms with E-state index in [1.165, 1.54) is 0 Å². The monoisotopic (exact) mass is 335 g/mol. The zero-order valence-corrected chi connectivity index (χ0v) is 13.9. The van der Waals surface area contributed by atoms with Gasteiger partial charge in [0.05, 0.1) is 6.10 Å². The Bertz CT molecular complexity index is 836. The van der Waals surface area contributed by atoms with E-state index in [0.29, 0.717) is 12.1 Å². The van der Waals surface area contributed by atoms with Gasteiger partial charge in [-0.1, -0.05) is 24.3 Å². The maximum Gasteiger partial charge on any atom is 0.267 e. The Labute approximate surface area is 146 Å². The number of pyridine rings is 1. The number of aliphatic hydroxyl groups excluding tert-OH is 1. The van der Waals surface area contributed by atoms with Crippen molar-refractivity contribution in [2.75, 3.05) is 0 Å². The average molecular weight is 335 g/mol. The third-order valence-corrected chi connectivity index (χ3v) is 4.96. The lowest BCUT2D eigenvalue weighted by atomic mass is 9.76. The van der Waals surface area contributed by atoms with Gasteiger partial charge in [-0.3, -0.25) is 9.78 Å². The van der Waals surface area contributed by atoms with Crippen molar-refractivity contribution >= 4 is 16.8 Å². The Morgan fingerprint density at radius 2 is 2.04 bits per heavy atom. The Morgan fingerprint density at radius 3 is 2.76 bits per heavy atom. The second-order valence-electron chi connectivity index (χ2n) is 6.76. The number of amides is 1. The largest absolute Gasteiger partial charge is 0.393 e. The zero-order chi connectivity index (χ0) is 17.2. The highest BCUT2D eigenvalue weighted by Gasteiger charge is 2.35. The van der Waals surface area contributed by atoms with Crippen molar-refractivity contribution in [3.63, 3.8) is 0 Å². The first kappa shape index (κ1) is 15.8. The molecule has 0 unspecified atom stereocenters. The van der Waals surface area contributed by atoms with E-state index in [1.807, 2.05) is 48.5 Å². The number of para-hydroxylation sites is 1. The second-order valence-corrected chi connectivity index (χ2v) is 6.76. The van der Waals surface area contributed by atoms with Gasteiger partial charge >= 0.3 is 0 Å². The van der Waals surface area contributed by atoms with Crippen molar-refractivity contribution in [2.45, 2.75) is 31.4 Å². The van der Waals surface area contributed by atoms with Gasteiger partial charge in [-0.15, -0.1) is 0 Å². The van der Waals surface area contributed by atoms with Crippen LogP contribution in [0.2, 0.25) is 0 Å². The second kappa shape index (κ2) is 6.69. The van der Waals surface area contributed by atoms with Crippen molar-refractivity contribution in [1.29, 1.82) is 0 Å². The van der Waals surface area contributed by atoms with Gasteiger partial charge in [-0.25, -0.2) is 0 Å². The lowest BCUT2D eigenvalue weighted by Crippen LogP contribution is -2.48. The first-order valence-corrected chi connectivity index (χ1v) is 8.65. The molecule has 0 bridgehead atoms. The first-order chi connectivity index (χ1) is 12.2. The molecule has 0 saturated heterocycles. The van der Waals surface area contributed by atoms with Gasteiger partial charge in [0.1, 0.15) is 5.69 Å². The molecule has 2 heterocycles. The summed E-state index contributed by atoms with van der Waals surface area (Å²) in [5.74, 6) is 0.170. The van der Waals surface area contributed by atoms with E-state index in [1.54, 1.807) is 6.20 Å². The van der Waals surface area contributed by atoms with Crippen LogP contribution in [-0.4, -0.2) is 33.1 Å². The molecule has 1 atom stereocenters. The maximum absolute atomic E-state index is 12.7. The molecule has 0 spiro atoms. The lowest BCUT2D eigenvalue weighted by molar-refractivity contribution is 0.0237. The minimum Gasteiger partial charge on any atom is -0.393 e. The van der Waals surface area contributed by atoms with Crippen LogP contribution in [0.25, 0.3) is 10.9 Å². The number of aromatic nitrogens is 2. The summed E-state index contributed by atoms with van der Waals surface area (Å²) >= 11 is 0. The number of hydrogen-bond donors (Lipinski definition) is 3. The number of benzene rings is 1. The maximum atomic E-state index is 12.7. The summed E-state index contributed by atoms with van der Waals surface area (Å²) in [7, 11) is 0. The van der Waals surface area contributed by atoms with Crippen LogP contribution in [0.4, 0.5) is 0 Å². The fraction of sp³-hybridized carbons (Fsp3) is 0.300. The molecule has 1 aliphatic rings. The molecule has 0 radical (unpaired) electrons. The van der Waals surface area contributed by atoms with E-state index >= 15 is 0 Å². The number of aliphatic hydroxyl groups is 1. The lowest BCUT2D eigenvalue weighted by Gasteiger charge is -2.38. The van der Waals surface area contributed by atoms with Crippen LogP contribution in [0.5, 0.6) is 0 Å². The number of nitrogens with one attached hydrogen (secondary N) is 2. The van der Waals surface area contributed by atoms with Crippen molar-refractivity contribution in [3.05, 3.63) is 66.1 Å². The molecule has 1 aromatic carbocycles. The summed E-state index contributed by atoms with van der Waals surface area (Å²) in [5, 5.41) is 13.8. The molecule has 25 heavy (non-hydrogen) atoms. The van der Waals surface area contributed by atoms with E-state index in [-0.39, 0.29) is 24.0 Å². The van der Waals surface area contributed by atoms with E-state index < -0.39 is 0 Å². The Balaban J connectivity index is 1.51. The predicted molar refractivity (Wildman–Crippen MR) is 96.2 cm³/mol. The van der Waals surface area contributed by atoms with Crippen molar-refractivity contribution in [1.82, 2.24) is 15.3 Å². The molecule has 5 heteroatoms. The summed E-state index contributed by atoms with van der Waals surface area (Å²) in [5.41, 5.74) is 2.46. The van der Waals surface area contributed by atoms with Crippen molar-refractivity contribution < 1.29 is 9.90 Å². The highest BCUT2D eigenvalue weighted by atomic mass is 16.3. The van der Waals surface area contributed by atoms with E-state index in [4.69, 9.17) is 0 Å². The van der Waals surface area contributed by atoms with Crippen LogP contribution in [0, 0.1) is 5.92 Å². The highest BCUT2D eigenvalue weighted by molar-refractivity contribution is 5.98. The highest BCUT2D eigenvalue weighted by Crippen LogP contribution is 2.31. The predicted octanol–water partition coefficient (Wildman–Crippen LogP) is 2.67. The number of rotatable bonds is 5. The number of carbonyl (C=O) groups excluding carboxylic acids is 1. The molecule has 3 aromatic rings. The van der Waals surface area contributed by atoms with Gasteiger partial charge in [-0.2, -0.15) is 0 Å². The average Bonchev–Trinajstić information content (AvgIpc) is 3.04. The van der Waals surface area contributed by atoms with Gasteiger partial charge in [0.15, 0.2) is 0 Å². The summed E-state index contributed by atoms with van der Waals surface area (Å²) in [4.78, 5) is 20.3. The van der Waals surface area contributed by atoms with Crippen LogP contribution in [-0.2, 0) is 6.42 Å². The number of carbonyl (C=O) groups is 1. The van der Waals surface area contributed by atoms with Gasteiger partial charge < -0.3 is 15.4 Å². The van der Waals surface area contributed by atoms with E-state index in [9.17, 15) is 9.90 Å². The molecule has 3 N–H and O–H groups in total. The minimum atomic E-state index is -0.249. The number of H-pyrrole nitrogens is 1. The molecule has 2 aromatic heterocycles. The van der Waals surface area contributed by atoms with Crippen molar-refractivity contribution in [3.8, 4) is 0 Å². The molecule has 0 aliphatic heterocycles. The fourth-order valence-corrected chi connectivity index (χ4v) is 3.48. The Kier molecular flexibility index (Phi) is 4.24. The minimum absolute atomic E-state index is 0.0304. The van der Waals surface area contributed by atoms with Gasteiger partial charge in [0.2, 0.25) is 0 Å². The van der Waals surface area contributed by atoms with Crippen LogP contribution in [0.15, 0.2) is 54.7 Å². The molecule has 1 fully saturated rings. The molecule has 128 valence electrons. The smallest absolute Gasteiger partial charge is 0.267 e. The quantitative estimate of drug-likeness (QED) is 0.671. The van der Waals surface area contributed by atoms with E-state index in [2.05, 4.69) is 15.3 Å². The van der Waals surface area contributed by atoms with Crippen LogP contribution < -0.4 is 5.32 Å². The molecule has 1 amide bonds. The molecule has 1 saturated carbocycles. The van der Waals surface area contributed by atoms with Crippen LogP contribution in [0.3, 0.4) is 0 Å². The summed E-state index contributed by atoms with van der Waals surface area (Å²) in [6.07, 6.45) is 3.64. The SMILES string of the molecule is O=C(N[C@H](Cc1ccccn1)C1CC(O)C1)c1cc2ccccc2[nH]1.